The Balaban J connectivity index is 1.67. The number of likely N-dealkylation sites (tertiary alicyclic amines) is 1. The van der Waals surface area contributed by atoms with Gasteiger partial charge in [-0.3, -0.25) is 14.7 Å². The summed E-state index contributed by atoms with van der Waals surface area (Å²) in [5.41, 5.74) is 2.39. The van der Waals surface area contributed by atoms with Crippen LogP contribution in [0.2, 0.25) is 0 Å². The zero-order valence-electron chi connectivity index (χ0n) is 9.50. The first-order valence-corrected chi connectivity index (χ1v) is 6.72. The maximum absolute atomic E-state index is 11.3. The van der Waals surface area contributed by atoms with Crippen molar-refractivity contribution in [1.29, 1.82) is 0 Å². The number of nitrogens with zero attached hydrogens (tertiary/aromatic N) is 2. The maximum atomic E-state index is 11.3. The topological polar surface area (TPSA) is 33.2 Å². The lowest BCUT2D eigenvalue weighted by atomic mass is 10.0. The minimum absolute atomic E-state index is 0.227. The van der Waals surface area contributed by atoms with E-state index in [0.29, 0.717) is 5.25 Å². The van der Waals surface area contributed by atoms with Crippen molar-refractivity contribution in [3.05, 3.63) is 41.7 Å². The van der Waals surface area contributed by atoms with Crippen molar-refractivity contribution in [3.63, 3.8) is 0 Å². The second-order valence-corrected chi connectivity index (χ2v) is 5.67. The third-order valence-electron chi connectivity index (χ3n) is 3.20. The highest BCUT2D eigenvalue weighted by atomic mass is 32.2. The highest BCUT2D eigenvalue weighted by molar-refractivity contribution is 8.15. The van der Waals surface area contributed by atoms with Gasteiger partial charge in [-0.05, 0) is 30.2 Å². The van der Waals surface area contributed by atoms with Crippen LogP contribution in [0, 0.1) is 0 Å². The molecule has 1 fully saturated rings. The van der Waals surface area contributed by atoms with Crippen LogP contribution in [-0.4, -0.2) is 33.3 Å². The van der Waals surface area contributed by atoms with Crippen molar-refractivity contribution in [2.75, 3.05) is 13.1 Å². The van der Waals surface area contributed by atoms with Crippen LogP contribution in [0.15, 0.2) is 36.0 Å². The molecule has 2 aliphatic heterocycles. The number of pyridine rings is 1. The molecule has 1 aromatic rings. The van der Waals surface area contributed by atoms with Crippen LogP contribution in [0.1, 0.15) is 12.1 Å². The fourth-order valence-electron chi connectivity index (χ4n) is 2.38. The van der Waals surface area contributed by atoms with Crippen molar-refractivity contribution in [2.45, 2.75) is 18.2 Å². The molecule has 3 heterocycles. The molecule has 0 spiro atoms. The van der Waals surface area contributed by atoms with Crippen molar-refractivity contribution < 1.29 is 4.79 Å². The van der Waals surface area contributed by atoms with E-state index in [1.165, 1.54) is 17.3 Å². The molecule has 1 saturated heterocycles. The fourth-order valence-corrected chi connectivity index (χ4v) is 3.40. The summed E-state index contributed by atoms with van der Waals surface area (Å²) >= 11 is 1.48. The smallest absolute Gasteiger partial charge is 0.212 e. The van der Waals surface area contributed by atoms with Gasteiger partial charge in [0, 0.05) is 31.1 Å². The predicted molar refractivity (Wildman–Crippen MR) is 68.6 cm³/mol. The molecule has 0 radical (unpaired) electrons. The van der Waals surface area contributed by atoms with Gasteiger partial charge in [0.25, 0.3) is 0 Å². The van der Waals surface area contributed by atoms with Gasteiger partial charge in [-0.15, -0.1) is 0 Å². The Labute approximate surface area is 105 Å². The molecule has 0 aromatic carbocycles. The Morgan fingerprint density at radius 2 is 2.41 bits per heavy atom. The van der Waals surface area contributed by atoms with Crippen molar-refractivity contribution in [3.8, 4) is 0 Å². The summed E-state index contributed by atoms with van der Waals surface area (Å²) in [6.07, 6.45) is 4.73. The van der Waals surface area contributed by atoms with E-state index in [0.717, 1.165) is 31.7 Å². The molecule has 0 saturated carbocycles. The quantitative estimate of drug-likeness (QED) is 0.797. The average Bonchev–Trinajstić information content (AvgIpc) is 2.70. The van der Waals surface area contributed by atoms with E-state index in [2.05, 4.69) is 16.0 Å². The van der Waals surface area contributed by atoms with E-state index >= 15 is 0 Å². The minimum Gasteiger partial charge on any atom is -0.293 e. The Hall–Kier alpha value is -1.13. The molecular formula is C13H14N2OS. The number of thioether (sulfide) groups is 1. The van der Waals surface area contributed by atoms with E-state index in [1.54, 1.807) is 0 Å². The van der Waals surface area contributed by atoms with Gasteiger partial charge in [-0.2, -0.15) is 0 Å². The zero-order chi connectivity index (χ0) is 11.7. The lowest BCUT2D eigenvalue weighted by molar-refractivity contribution is -0.106. The van der Waals surface area contributed by atoms with Crippen LogP contribution in [-0.2, 0) is 11.3 Å². The first-order valence-electron chi connectivity index (χ1n) is 5.84. The van der Waals surface area contributed by atoms with Gasteiger partial charge in [0.15, 0.2) is 0 Å². The SMILES string of the molecule is O=C1C=C2CN(Cc3ccccn3)CCC2S1. The maximum Gasteiger partial charge on any atom is 0.212 e. The molecule has 0 aliphatic carbocycles. The normalized spacial score (nSPS) is 24.6. The summed E-state index contributed by atoms with van der Waals surface area (Å²) in [5, 5.41) is 0.673. The molecular weight excluding hydrogens is 232 g/mol. The number of hydrogen-bond acceptors (Lipinski definition) is 4. The molecule has 88 valence electrons. The van der Waals surface area contributed by atoms with Crippen LogP contribution in [0.3, 0.4) is 0 Å². The molecule has 0 bridgehead atoms. The highest BCUT2D eigenvalue weighted by Crippen LogP contribution is 2.34. The van der Waals surface area contributed by atoms with Crippen molar-refractivity contribution >= 4 is 16.9 Å². The summed E-state index contributed by atoms with van der Waals surface area (Å²) in [7, 11) is 0. The molecule has 17 heavy (non-hydrogen) atoms. The van der Waals surface area contributed by atoms with Gasteiger partial charge in [-0.25, -0.2) is 0 Å². The number of fused-ring (bicyclic) bond motifs is 1. The number of hydrogen-bond donors (Lipinski definition) is 0. The number of rotatable bonds is 2. The summed E-state index contributed by atoms with van der Waals surface area (Å²) < 4.78 is 0. The Morgan fingerprint density at radius 3 is 3.24 bits per heavy atom. The third kappa shape index (κ3) is 2.42. The van der Waals surface area contributed by atoms with Gasteiger partial charge >= 0.3 is 0 Å². The summed E-state index contributed by atoms with van der Waals surface area (Å²) in [5.74, 6) is 0. The second-order valence-electron chi connectivity index (χ2n) is 4.47. The number of aromatic nitrogens is 1. The van der Waals surface area contributed by atoms with Crippen LogP contribution in [0.5, 0.6) is 0 Å². The molecule has 0 amide bonds. The summed E-state index contributed by atoms with van der Waals surface area (Å²) in [6.45, 7) is 2.85. The van der Waals surface area contributed by atoms with E-state index < -0.39 is 0 Å². The second kappa shape index (κ2) is 4.63. The molecule has 3 nitrogen and oxygen atoms in total. The van der Waals surface area contributed by atoms with Crippen LogP contribution in [0.4, 0.5) is 0 Å². The van der Waals surface area contributed by atoms with Gasteiger partial charge < -0.3 is 0 Å². The lowest BCUT2D eigenvalue weighted by Gasteiger charge is -2.30. The molecule has 1 unspecified atom stereocenters. The Morgan fingerprint density at radius 1 is 1.47 bits per heavy atom. The zero-order valence-corrected chi connectivity index (χ0v) is 10.3. The fraction of sp³-hybridized carbons (Fsp3) is 0.385. The Kier molecular flexibility index (Phi) is 2.99. The standard InChI is InChI=1S/C13H14N2OS/c16-13-7-10-8-15(6-4-12(10)17-13)9-11-3-1-2-5-14-11/h1-3,5,7,12H,4,6,8-9H2. The molecule has 3 rings (SSSR count). The van der Waals surface area contributed by atoms with Gasteiger partial charge in [0.1, 0.15) is 0 Å². The van der Waals surface area contributed by atoms with Gasteiger partial charge in [-0.1, -0.05) is 17.8 Å². The first-order chi connectivity index (χ1) is 8.31. The van der Waals surface area contributed by atoms with Crippen LogP contribution < -0.4 is 0 Å². The van der Waals surface area contributed by atoms with Crippen molar-refractivity contribution in [2.24, 2.45) is 0 Å². The average molecular weight is 246 g/mol. The predicted octanol–water partition coefficient (Wildman–Crippen LogP) is 1.86. The van der Waals surface area contributed by atoms with Crippen LogP contribution in [0.25, 0.3) is 0 Å². The van der Waals surface area contributed by atoms with Crippen LogP contribution >= 0.6 is 11.8 Å². The largest absolute Gasteiger partial charge is 0.293 e. The number of carbonyl (C=O) groups excluding carboxylic acids is 1. The van der Waals surface area contributed by atoms with Crippen molar-refractivity contribution in [1.82, 2.24) is 9.88 Å². The first kappa shape index (κ1) is 11.0. The number of carbonyl (C=O) groups is 1. The monoisotopic (exact) mass is 246 g/mol. The summed E-state index contributed by atoms with van der Waals surface area (Å²) in [4.78, 5) is 18.0. The highest BCUT2D eigenvalue weighted by Gasteiger charge is 2.30. The van der Waals surface area contributed by atoms with E-state index in [-0.39, 0.29) is 5.12 Å². The molecule has 1 atom stereocenters. The van der Waals surface area contributed by atoms with E-state index in [1.807, 2.05) is 24.4 Å². The third-order valence-corrected chi connectivity index (χ3v) is 4.37. The Bertz CT molecular complexity index is 458. The van der Waals surface area contributed by atoms with Gasteiger partial charge in [0.05, 0.1) is 5.69 Å². The lowest BCUT2D eigenvalue weighted by Crippen LogP contribution is -2.35. The summed E-state index contributed by atoms with van der Waals surface area (Å²) in [6, 6.07) is 6.00. The number of piperidine rings is 1. The van der Waals surface area contributed by atoms with Gasteiger partial charge in [0.2, 0.25) is 5.12 Å². The minimum atomic E-state index is 0.227. The van der Waals surface area contributed by atoms with E-state index in [9.17, 15) is 4.79 Å². The molecule has 1 aromatic heterocycles. The molecule has 0 N–H and O–H groups in total. The van der Waals surface area contributed by atoms with E-state index in [4.69, 9.17) is 0 Å². The molecule has 2 aliphatic rings. The molecule has 4 heteroatoms.